The molecule has 0 N–H and O–H groups in total. The molecule has 1 unspecified atom stereocenters. The molecule has 0 nitrogen and oxygen atoms in total. The average Bonchev–Trinajstić information content (AvgIpc) is 2.27. The molecule has 1 fully saturated rings. The summed E-state index contributed by atoms with van der Waals surface area (Å²) < 4.78 is 0. The van der Waals surface area contributed by atoms with E-state index in [4.69, 9.17) is 0 Å². The highest BCUT2D eigenvalue weighted by Crippen LogP contribution is 2.36. The molecule has 2 aliphatic rings. The summed E-state index contributed by atoms with van der Waals surface area (Å²) in [5.74, 6) is 0.598. The molecule has 0 saturated heterocycles. The van der Waals surface area contributed by atoms with Crippen LogP contribution in [0.25, 0.3) is 0 Å². The standard InChI is InChI=1S/C10H11/c1-8-6-9-4-2-3-5-10(9)7-8/h2,4-6,9H,1,3,7H2/q+1. The fourth-order valence-electron chi connectivity index (χ4n) is 1.63. The molecular weight excluding hydrogens is 120 g/mol. The summed E-state index contributed by atoms with van der Waals surface area (Å²) in [5.41, 5.74) is 2.83. The lowest BCUT2D eigenvalue weighted by atomic mass is 9.97. The quantitative estimate of drug-likeness (QED) is 0.350. The zero-order chi connectivity index (χ0) is 6.97. The Morgan fingerprint density at radius 3 is 3.30 bits per heavy atom. The Bertz CT molecular complexity index is 218. The maximum absolute atomic E-state index is 3.95. The van der Waals surface area contributed by atoms with Crippen LogP contribution in [0.2, 0.25) is 0 Å². The molecule has 0 aromatic rings. The van der Waals surface area contributed by atoms with Crippen LogP contribution < -0.4 is 0 Å². The Kier molecular flexibility index (Phi) is 1.20. The third-order valence-corrected chi connectivity index (χ3v) is 2.13. The van der Waals surface area contributed by atoms with Crippen molar-refractivity contribution in [3.63, 3.8) is 0 Å². The molecule has 0 aliphatic heterocycles. The first-order valence-electron chi connectivity index (χ1n) is 3.74. The molecule has 0 heteroatoms. The molecule has 0 aromatic carbocycles. The second-order valence-electron chi connectivity index (χ2n) is 2.97. The smallest absolute Gasteiger partial charge is 0.0820 e. The van der Waals surface area contributed by atoms with Gasteiger partial charge in [0.25, 0.3) is 0 Å². The summed E-state index contributed by atoms with van der Waals surface area (Å²) in [5, 5.41) is 0. The Morgan fingerprint density at radius 1 is 1.60 bits per heavy atom. The third-order valence-electron chi connectivity index (χ3n) is 2.13. The first-order chi connectivity index (χ1) is 4.86. The van der Waals surface area contributed by atoms with Crippen molar-refractivity contribution in [2.75, 3.05) is 0 Å². The highest BCUT2D eigenvalue weighted by Gasteiger charge is 2.28. The topological polar surface area (TPSA) is 0 Å². The molecule has 0 spiro atoms. The van der Waals surface area contributed by atoms with Gasteiger partial charge < -0.3 is 0 Å². The largest absolute Gasteiger partial charge is 0.104 e. The maximum Gasteiger partial charge on any atom is 0.104 e. The van der Waals surface area contributed by atoms with Crippen LogP contribution in [0.4, 0.5) is 0 Å². The van der Waals surface area contributed by atoms with Gasteiger partial charge in [0.2, 0.25) is 0 Å². The number of hydrogen-bond donors (Lipinski definition) is 0. The fourth-order valence-corrected chi connectivity index (χ4v) is 1.63. The van der Waals surface area contributed by atoms with Gasteiger partial charge in [-0.1, -0.05) is 18.2 Å². The molecule has 2 aliphatic carbocycles. The predicted octanol–water partition coefficient (Wildman–Crippen LogP) is 2.65. The molecule has 0 aromatic heterocycles. The van der Waals surface area contributed by atoms with Crippen molar-refractivity contribution in [1.82, 2.24) is 0 Å². The van der Waals surface area contributed by atoms with E-state index in [0.717, 1.165) is 12.8 Å². The van der Waals surface area contributed by atoms with E-state index in [-0.39, 0.29) is 0 Å². The lowest BCUT2D eigenvalue weighted by molar-refractivity contribution is 0.922. The third kappa shape index (κ3) is 0.804. The van der Waals surface area contributed by atoms with E-state index >= 15 is 0 Å². The highest BCUT2D eigenvalue weighted by molar-refractivity contribution is 5.39. The van der Waals surface area contributed by atoms with Crippen molar-refractivity contribution < 1.29 is 0 Å². The number of allylic oxidation sites excluding steroid dienone is 5. The van der Waals surface area contributed by atoms with E-state index in [0.29, 0.717) is 5.92 Å². The predicted molar refractivity (Wildman–Crippen MR) is 43.4 cm³/mol. The zero-order valence-corrected chi connectivity index (χ0v) is 6.01. The fraction of sp³-hybridized carbons (Fsp3) is 0.300. The normalized spacial score (nSPS) is 29.4. The van der Waals surface area contributed by atoms with E-state index in [2.05, 4.69) is 31.2 Å². The molecule has 1 atom stereocenters. The van der Waals surface area contributed by atoms with Crippen LogP contribution in [0.5, 0.6) is 0 Å². The molecule has 0 radical (unpaired) electrons. The van der Waals surface area contributed by atoms with Crippen molar-refractivity contribution in [2.45, 2.75) is 12.8 Å². The molecule has 10 heavy (non-hydrogen) atoms. The molecule has 0 amide bonds. The van der Waals surface area contributed by atoms with Gasteiger partial charge in [-0.25, -0.2) is 0 Å². The maximum atomic E-state index is 3.95. The van der Waals surface area contributed by atoms with E-state index in [1.54, 1.807) is 5.57 Å². The van der Waals surface area contributed by atoms with Gasteiger partial charge in [-0.05, 0) is 12.0 Å². The molecular formula is C10H11+. The SMILES string of the molecule is C=C1[CH+]C2C=CCC=C2C1. The van der Waals surface area contributed by atoms with Crippen LogP contribution in [-0.2, 0) is 0 Å². The summed E-state index contributed by atoms with van der Waals surface area (Å²) in [4.78, 5) is 0. The van der Waals surface area contributed by atoms with Gasteiger partial charge in [0, 0.05) is 13.0 Å². The van der Waals surface area contributed by atoms with E-state index < -0.39 is 0 Å². The van der Waals surface area contributed by atoms with E-state index in [1.165, 1.54) is 5.57 Å². The average molecular weight is 131 g/mol. The number of fused-ring (bicyclic) bond motifs is 1. The Labute approximate surface area is 61.9 Å². The molecule has 0 bridgehead atoms. The second-order valence-corrected chi connectivity index (χ2v) is 2.97. The summed E-state index contributed by atoms with van der Waals surface area (Å²) in [7, 11) is 0. The number of rotatable bonds is 0. The van der Waals surface area contributed by atoms with Crippen molar-refractivity contribution >= 4 is 0 Å². The lowest BCUT2D eigenvalue weighted by Crippen LogP contribution is -1.94. The van der Waals surface area contributed by atoms with Gasteiger partial charge in [0.15, 0.2) is 0 Å². The van der Waals surface area contributed by atoms with Crippen LogP contribution in [0, 0.1) is 12.3 Å². The van der Waals surface area contributed by atoms with Gasteiger partial charge >= 0.3 is 0 Å². The van der Waals surface area contributed by atoms with Gasteiger partial charge in [-0.3, -0.25) is 0 Å². The molecule has 50 valence electrons. The van der Waals surface area contributed by atoms with Crippen LogP contribution >= 0.6 is 0 Å². The Morgan fingerprint density at radius 2 is 2.50 bits per heavy atom. The van der Waals surface area contributed by atoms with Crippen molar-refractivity contribution in [2.24, 2.45) is 5.92 Å². The summed E-state index contributed by atoms with van der Waals surface area (Å²) in [6, 6.07) is 0. The van der Waals surface area contributed by atoms with Crippen molar-refractivity contribution in [3.05, 3.63) is 42.4 Å². The van der Waals surface area contributed by atoms with Gasteiger partial charge in [0.05, 0.1) is 12.3 Å². The summed E-state index contributed by atoms with van der Waals surface area (Å²) >= 11 is 0. The lowest BCUT2D eigenvalue weighted by Gasteiger charge is -2.04. The van der Waals surface area contributed by atoms with Crippen LogP contribution in [0.1, 0.15) is 12.8 Å². The minimum absolute atomic E-state index is 0.598. The zero-order valence-electron chi connectivity index (χ0n) is 6.01. The van der Waals surface area contributed by atoms with Crippen molar-refractivity contribution in [3.8, 4) is 0 Å². The minimum atomic E-state index is 0.598. The first-order valence-corrected chi connectivity index (χ1v) is 3.74. The van der Waals surface area contributed by atoms with Crippen molar-refractivity contribution in [1.29, 1.82) is 0 Å². The molecule has 2 rings (SSSR count). The Balaban J connectivity index is 2.26. The summed E-state index contributed by atoms with van der Waals surface area (Å²) in [6.45, 7) is 3.95. The first kappa shape index (κ1) is 5.84. The highest BCUT2D eigenvalue weighted by atomic mass is 14.3. The van der Waals surface area contributed by atoms with Crippen LogP contribution in [0.15, 0.2) is 36.0 Å². The van der Waals surface area contributed by atoms with Crippen LogP contribution in [0.3, 0.4) is 0 Å². The second kappa shape index (κ2) is 2.05. The minimum Gasteiger partial charge on any atom is -0.0820 e. The molecule has 0 heterocycles. The van der Waals surface area contributed by atoms with Crippen LogP contribution in [-0.4, -0.2) is 0 Å². The molecule has 1 saturated carbocycles. The van der Waals surface area contributed by atoms with E-state index in [9.17, 15) is 0 Å². The number of hydrogen-bond acceptors (Lipinski definition) is 0. The van der Waals surface area contributed by atoms with Gasteiger partial charge in [-0.15, -0.1) is 0 Å². The van der Waals surface area contributed by atoms with E-state index in [1.807, 2.05) is 0 Å². The van der Waals surface area contributed by atoms with Gasteiger partial charge in [0.1, 0.15) is 5.57 Å². The Hall–Kier alpha value is -0.910. The van der Waals surface area contributed by atoms with Gasteiger partial charge in [-0.2, -0.15) is 0 Å². The summed E-state index contributed by atoms with van der Waals surface area (Å²) in [6.07, 6.45) is 11.3. The monoisotopic (exact) mass is 131 g/mol.